The Hall–Kier alpha value is -3.59. The van der Waals surface area contributed by atoms with Crippen LogP contribution in [-0.2, 0) is 44.8 Å². The second-order valence-corrected chi connectivity index (χ2v) is 17.8. The number of carbonyl (C=O) groups is 8. The minimum atomic E-state index is -1.13. The van der Waals surface area contributed by atoms with Crippen LogP contribution in [0.1, 0.15) is 166 Å². The van der Waals surface area contributed by atoms with Crippen LogP contribution in [0.5, 0.6) is 0 Å². The molecular formula is C42H63N5O8S2. The Morgan fingerprint density at radius 1 is 0.842 bits per heavy atom. The van der Waals surface area contributed by atoms with Gasteiger partial charge in [0.25, 0.3) is 0 Å². The van der Waals surface area contributed by atoms with Gasteiger partial charge in [-0.2, -0.15) is 0 Å². The summed E-state index contributed by atoms with van der Waals surface area (Å²) in [6.07, 6.45) is 13.6. The van der Waals surface area contributed by atoms with Crippen LogP contribution in [0.3, 0.4) is 0 Å². The zero-order valence-electron chi connectivity index (χ0n) is 34.1. The van der Waals surface area contributed by atoms with Crippen molar-refractivity contribution in [1.29, 1.82) is 0 Å². The molecule has 0 saturated heterocycles. The molecule has 1 aromatic rings. The van der Waals surface area contributed by atoms with Gasteiger partial charge in [0.15, 0.2) is 17.3 Å². The molecule has 1 fully saturated rings. The van der Waals surface area contributed by atoms with E-state index in [1.807, 2.05) is 5.38 Å². The van der Waals surface area contributed by atoms with Gasteiger partial charge in [0.1, 0.15) is 28.3 Å². The molecule has 13 nitrogen and oxygen atoms in total. The maximum Gasteiger partial charge on any atom is 0.228 e. The number of aryl methyl sites for hydroxylation is 1. The van der Waals surface area contributed by atoms with Crippen molar-refractivity contribution in [2.45, 2.75) is 180 Å². The van der Waals surface area contributed by atoms with Crippen LogP contribution in [0.2, 0.25) is 0 Å². The summed E-state index contributed by atoms with van der Waals surface area (Å²) in [5, 5.41) is 8.66. The van der Waals surface area contributed by atoms with Gasteiger partial charge in [-0.3, -0.25) is 43.3 Å². The molecule has 57 heavy (non-hydrogen) atoms. The van der Waals surface area contributed by atoms with Gasteiger partial charge in [-0.1, -0.05) is 78.1 Å². The Bertz CT molecular complexity index is 1600. The predicted octanol–water partition coefficient (Wildman–Crippen LogP) is 6.10. The van der Waals surface area contributed by atoms with E-state index < -0.39 is 29.8 Å². The number of nitrogens with two attached hydrogens (primary N) is 1. The monoisotopic (exact) mass is 829 g/mol. The van der Waals surface area contributed by atoms with E-state index in [4.69, 9.17) is 5.73 Å². The molecule has 0 radical (unpaired) electrons. The van der Waals surface area contributed by atoms with E-state index in [-0.39, 0.29) is 85.3 Å². The standard InChI is InChI=1S/C42H63N5O8S2/c1-4-5-6-7-8-9-10-11-12-13-14-15-38(54)44-32(25-37(43)53)35(51)22-28(2)16-17-31(50)24-39(55)47-42(20-21-42)36(52)23-30(49)18-19-40-45-34(27-56-40)41-46-33(26-57-41)29(3)48/h27-28,32-33H,4-26H2,1-3H3,(H2,43,53)(H,44,54)(H,47,55)/t28-,32+,33-/m0/s1. The Morgan fingerprint density at radius 2 is 1.47 bits per heavy atom. The molecule has 3 amide bonds. The molecule has 1 aliphatic carbocycles. The lowest BCUT2D eigenvalue weighted by Gasteiger charge is -2.19. The number of aliphatic imine (C=N–C) groups is 1. The number of primary amides is 1. The lowest BCUT2D eigenvalue weighted by atomic mass is 9.93. The molecule has 1 aromatic heterocycles. The van der Waals surface area contributed by atoms with Gasteiger partial charge >= 0.3 is 0 Å². The van der Waals surface area contributed by atoms with Crippen molar-refractivity contribution < 1.29 is 38.4 Å². The van der Waals surface area contributed by atoms with Crippen molar-refractivity contribution in [1.82, 2.24) is 15.6 Å². The number of hydrogen-bond acceptors (Lipinski definition) is 12. The number of rotatable bonds is 32. The van der Waals surface area contributed by atoms with E-state index >= 15 is 0 Å². The number of Topliss-reactive ketones (excluding diaryl/α,β-unsaturated/α-hetero) is 5. The number of thiazole rings is 1. The lowest BCUT2D eigenvalue weighted by molar-refractivity contribution is -0.134. The Balaban J connectivity index is 1.31. The van der Waals surface area contributed by atoms with Crippen LogP contribution in [0, 0.1) is 5.92 Å². The maximum atomic E-state index is 13.1. The normalized spacial score (nSPS) is 16.6. The molecule has 4 N–H and O–H groups in total. The van der Waals surface area contributed by atoms with Gasteiger partial charge in [-0.15, -0.1) is 23.1 Å². The van der Waals surface area contributed by atoms with Crippen LogP contribution in [0.25, 0.3) is 0 Å². The summed E-state index contributed by atoms with van der Waals surface area (Å²) in [5.74, 6) is -2.53. The first kappa shape index (κ1) is 47.8. The zero-order valence-corrected chi connectivity index (χ0v) is 35.8. The average molecular weight is 830 g/mol. The van der Waals surface area contributed by atoms with E-state index in [0.29, 0.717) is 48.6 Å². The maximum absolute atomic E-state index is 13.1. The first-order chi connectivity index (χ1) is 27.2. The molecule has 3 atom stereocenters. The fraction of sp³-hybridized carbons (Fsp3) is 0.714. The first-order valence-electron chi connectivity index (χ1n) is 20.8. The summed E-state index contributed by atoms with van der Waals surface area (Å²) >= 11 is 2.87. The Labute approximate surface area is 345 Å². The molecular weight excluding hydrogens is 767 g/mol. The van der Waals surface area contributed by atoms with E-state index in [2.05, 4.69) is 27.5 Å². The quantitative estimate of drug-likeness (QED) is 0.0561. The second kappa shape index (κ2) is 25.0. The number of nitrogens with one attached hydrogen (secondary N) is 2. The van der Waals surface area contributed by atoms with Crippen molar-refractivity contribution in [3.63, 3.8) is 0 Å². The highest BCUT2D eigenvalue weighted by Crippen LogP contribution is 2.37. The number of nitrogens with zero attached hydrogens (tertiary/aromatic N) is 2. The second-order valence-electron chi connectivity index (χ2n) is 15.9. The molecule has 0 unspecified atom stereocenters. The summed E-state index contributed by atoms with van der Waals surface area (Å²) in [6.45, 7) is 5.52. The van der Waals surface area contributed by atoms with Crippen LogP contribution >= 0.6 is 23.1 Å². The summed E-state index contributed by atoms with van der Waals surface area (Å²) in [4.78, 5) is 109. The highest BCUT2D eigenvalue weighted by atomic mass is 32.2. The number of ketones is 5. The largest absolute Gasteiger partial charge is 0.370 e. The van der Waals surface area contributed by atoms with E-state index in [9.17, 15) is 38.4 Å². The molecule has 15 heteroatoms. The highest BCUT2D eigenvalue weighted by molar-refractivity contribution is 8.14. The van der Waals surface area contributed by atoms with Crippen LogP contribution < -0.4 is 16.4 Å². The van der Waals surface area contributed by atoms with Crippen molar-refractivity contribution in [3.8, 4) is 0 Å². The third-order valence-corrected chi connectivity index (χ3v) is 12.5. The molecule has 316 valence electrons. The third kappa shape index (κ3) is 18.3. The van der Waals surface area contributed by atoms with E-state index in [0.717, 1.165) is 24.3 Å². The Morgan fingerprint density at radius 3 is 2.07 bits per heavy atom. The van der Waals surface area contributed by atoms with Crippen molar-refractivity contribution in [2.75, 3.05) is 5.75 Å². The summed E-state index contributed by atoms with van der Waals surface area (Å²) in [6, 6.07) is -1.38. The molecule has 2 heterocycles. The fourth-order valence-electron chi connectivity index (χ4n) is 6.76. The molecule has 0 bridgehead atoms. The Kier molecular flexibility index (Phi) is 21.0. The number of thioether (sulfide) groups is 1. The number of aromatic nitrogens is 1. The summed E-state index contributed by atoms with van der Waals surface area (Å²) in [7, 11) is 0. The van der Waals surface area contributed by atoms with Gasteiger partial charge in [0.05, 0.1) is 35.9 Å². The number of unbranched alkanes of at least 4 members (excludes halogenated alkanes) is 10. The fourth-order valence-corrected chi connectivity index (χ4v) is 8.70. The van der Waals surface area contributed by atoms with Gasteiger partial charge in [-0.05, 0) is 38.5 Å². The van der Waals surface area contributed by atoms with Crippen LogP contribution in [0.4, 0.5) is 0 Å². The van der Waals surface area contributed by atoms with E-state index in [1.54, 1.807) is 6.92 Å². The van der Waals surface area contributed by atoms with Crippen molar-refractivity contribution >= 4 is 74.8 Å². The first-order valence-corrected chi connectivity index (χ1v) is 22.7. The lowest BCUT2D eigenvalue weighted by Crippen LogP contribution is -2.44. The minimum absolute atomic E-state index is 0.0107. The van der Waals surface area contributed by atoms with Crippen molar-refractivity contribution in [3.05, 3.63) is 16.1 Å². The van der Waals surface area contributed by atoms with Gasteiger partial charge in [0.2, 0.25) is 17.7 Å². The van der Waals surface area contributed by atoms with Gasteiger partial charge < -0.3 is 16.4 Å². The molecule has 2 aliphatic rings. The summed E-state index contributed by atoms with van der Waals surface area (Å²) < 4.78 is 0. The summed E-state index contributed by atoms with van der Waals surface area (Å²) in [5.41, 5.74) is 4.93. The highest BCUT2D eigenvalue weighted by Gasteiger charge is 2.50. The van der Waals surface area contributed by atoms with Gasteiger partial charge in [-0.25, -0.2) is 4.98 Å². The van der Waals surface area contributed by atoms with Gasteiger partial charge in [0, 0.05) is 43.2 Å². The number of carbonyl (C=O) groups excluding carboxylic acids is 8. The number of amides is 3. The van der Waals surface area contributed by atoms with Crippen LogP contribution in [-0.4, -0.2) is 80.0 Å². The third-order valence-electron chi connectivity index (χ3n) is 10.5. The van der Waals surface area contributed by atoms with Crippen molar-refractivity contribution in [2.24, 2.45) is 16.6 Å². The molecule has 1 aliphatic heterocycles. The predicted molar refractivity (Wildman–Crippen MR) is 223 cm³/mol. The van der Waals surface area contributed by atoms with E-state index in [1.165, 1.54) is 75.0 Å². The topological polar surface area (TPSA) is 212 Å². The number of hydrogen-bond donors (Lipinski definition) is 3. The molecule has 3 rings (SSSR count). The average Bonchev–Trinajstić information content (AvgIpc) is 3.51. The molecule has 1 saturated carbocycles. The minimum Gasteiger partial charge on any atom is -0.370 e. The zero-order chi connectivity index (χ0) is 41.8. The SMILES string of the molecule is CCCCCCCCCCCCCC(=O)N[C@H](CC(N)=O)C(=O)C[C@@H](C)CCC(=O)CC(=O)NC1(C(=O)CC(=O)CCc2nc(C3=N[C@H](C(C)=O)CS3)cs2)CC1. The molecule has 0 aromatic carbocycles. The van der Waals surface area contributed by atoms with Crippen LogP contribution in [0.15, 0.2) is 10.4 Å². The molecule has 0 spiro atoms. The smallest absolute Gasteiger partial charge is 0.228 e.